The molecular formula is C18H15Cl3N6. The average Bonchev–Trinajstić information content (AvgIpc) is 3.09. The third-order valence-corrected chi connectivity index (χ3v) is 5.66. The number of halogens is 3. The van der Waals surface area contributed by atoms with Gasteiger partial charge in [0.2, 0.25) is 0 Å². The van der Waals surface area contributed by atoms with Crippen molar-refractivity contribution in [2.75, 3.05) is 18.0 Å². The molecule has 0 bridgehead atoms. The van der Waals surface area contributed by atoms with E-state index >= 15 is 0 Å². The summed E-state index contributed by atoms with van der Waals surface area (Å²) in [6.07, 6.45) is 3.51. The van der Waals surface area contributed by atoms with Gasteiger partial charge in [0, 0.05) is 23.7 Å². The Bertz CT molecular complexity index is 1040. The molecule has 0 aliphatic carbocycles. The van der Waals surface area contributed by atoms with Crippen LogP contribution < -0.4 is 4.90 Å². The van der Waals surface area contributed by atoms with Crippen LogP contribution in [-0.4, -0.2) is 32.7 Å². The second-order valence-corrected chi connectivity index (χ2v) is 7.91. The molecule has 0 spiro atoms. The minimum atomic E-state index is 0.204. The number of fused-ring (bicyclic) bond motifs is 1. The summed E-state index contributed by atoms with van der Waals surface area (Å²) in [5, 5.41) is 15.3. The van der Waals surface area contributed by atoms with Gasteiger partial charge in [-0.05, 0) is 30.9 Å². The van der Waals surface area contributed by atoms with E-state index in [9.17, 15) is 5.26 Å². The topological polar surface area (TPSA) is 70.1 Å². The van der Waals surface area contributed by atoms with Crippen molar-refractivity contribution in [3.05, 3.63) is 39.2 Å². The van der Waals surface area contributed by atoms with Crippen LogP contribution >= 0.6 is 34.8 Å². The lowest BCUT2D eigenvalue weighted by Gasteiger charge is -2.33. The molecule has 3 heterocycles. The van der Waals surface area contributed by atoms with Gasteiger partial charge in [0.05, 0.1) is 15.6 Å². The third kappa shape index (κ3) is 3.20. The van der Waals surface area contributed by atoms with Gasteiger partial charge in [-0.1, -0.05) is 41.7 Å². The molecule has 1 fully saturated rings. The molecule has 0 atom stereocenters. The number of hydrogen-bond donors (Lipinski definition) is 0. The first-order valence-electron chi connectivity index (χ1n) is 8.53. The molecule has 1 aliphatic heterocycles. The van der Waals surface area contributed by atoms with Crippen LogP contribution in [0.25, 0.3) is 16.9 Å². The van der Waals surface area contributed by atoms with Crippen molar-refractivity contribution in [3.8, 4) is 17.2 Å². The molecule has 3 aromatic rings. The van der Waals surface area contributed by atoms with Crippen LogP contribution in [0, 0.1) is 17.2 Å². The van der Waals surface area contributed by atoms with Crippen LogP contribution in [0.3, 0.4) is 0 Å². The maximum atomic E-state index is 9.78. The van der Waals surface area contributed by atoms with Gasteiger partial charge in [0.1, 0.15) is 18.2 Å². The molecule has 2 aromatic heterocycles. The average molecular weight is 422 g/mol. The first-order valence-corrected chi connectivity index (χ1v) is 9.66. The van der Waals surface area contributed by atoms with Gasteiger partial charge in [-0.2, -0.15) is 24.8 Å². The predicted octanol–water partition coefficient (Wildman–Crippen LogP) is 4.86. The molecule has 27 heavy (non-hydrogen) atoms. The van der Waals surface area contributed by atoms with Gasteiger partial charge >= 0.3 is 0 Å². The van der Waals surface area contributed by atoms with E-state index in [4.69, 9.17) is 34.8 Å². The zero-order valence-electron chi connectivity index (χ0n) is 14.5. The fourth-order valence-corrected chi connectivity index (χ4v) is 4.44. The van der Waals surface area contributed by atoms with E-state index in [0.717, 1.165) is 31.7 Å². The minimum Gasteiger partial charge on any atom is -0.356 e. The van der Waals surface area contributed by atoms with Gasteiger partial charge in [0.25, 0.3) is 5.78 Å². The molecule has 1 aliphatic rings. The Morgan fingerprint density at radius 1 is 1.11 bits per heavy atom. The number of nitriles is 1. The summed E-state index contributed by atoms with van der Waals surface area (Å²) in [7, 11) is 0. The minimum absolute atomic E-state index is 0.204. The maximum absolute atomic E-state index is 9.78. The second kappa shape index (κ2) is 7.16. The Hall–Kier alpha value is -2.07. The van der Waals surface area contributed by atoms with Crippen molar-refractivity contribution in [2.45, 2.75) is 19.8 Å². The third-order valence-electron chi connectivity index (χ3n) is 4.85. The van der Waals surface area contributed by atoms with E-state index in [1.54, 1.807) is 16.6 Å². The van der Waals surface area contributed by atoms with Crippen molar-refractivity contribution in [3.63, 3.8) is 0 Å². The maximum Gasteiger partial charge on any atom is 0.255 e. The zero-order valence-corrected chi connectivity index (χ0v) is 16.7. The lowest BCUT2D eigenvalue weighted by atomic mass is 9.97. The van der Waals surface area contributed by atoms with Gasteiger partial charge in [0.15, 0.2) is 5.69 Å². The van der Waals surface area contributed by atoms with E-state index in [1.807, 2.05) is 0 Å². The quantitative estimate of drug-likeness (QED) is 0.591. The molecule has 0 unspecified atom stereocenters. The predicted molar refractivity (Wildman–Crippen MR) is 107 cm³/mol. The lowest BCUT2D eigenvalue weighted by Crippen LogP contribution is -2.35. The number of hydrogen-bond acceptors (Lipinski definition) is 5. The first-order chi connectivity index (χ1) is 13.0. The fourth-order valence-electron chi connectivity index (χ4n) is 3.43. The van der Waals surface area contributed by atoms with Crippen LogP contribution in [0.4, 0.5) is 5.82 Å². The number of anilines is 1. The summed E-state index contributed by atoms with van der Waals surface area (Å²) in [5.74, 6) is 1.74. The molecule has 6 nitrogen and oxygen atoms in total. The molecule has 4 rings (SSSR count). The van der Waals surface area contributed by atoms with Gasteiger partial charge < -0.3 is 4.90 Å². The SMILES string of the molecule is CC1CCN(c2c(-c3c(Cl)cc(Cl)cc3Cl)c(C#N)nc3ncnn23)CC1. The number of aromatic nitrogens is 4. The number of benzene rings is 1. The van der Waals surface area contributed by atoms with E-state index in [1.165, 1.54) is 6.33 Å². The zero-order chi connectivity index (χ0) is 19.1. The summed E-state index contributed by atoms with van der Waals surface area (Å²) in [6, 6.07) is 5.38. The summed E-state index contributed by atoms with van der Waals surface area (Å²) < 4.78 is 1.65. The molecule has 1 aromatic carbocycles. The van der Waals surface area contributed by atoms with Crippen LogP contribution in [0.1, 0.15) is 25.5 Å². The molecule has 0 amide bonds. The van der Waals surface area contributed by atoms with Crippen LogP contribution in [0.15, 0.2) is 18.5 Å². The molecule has 0 radical (unpaired) electrons. The fraction of sp³-hybridized carbons (Fsp3) is 0.333. The Morgan fingerprint density at radius 2 is 1.78 bits per heavy atom. The van der Waals surface area contributed by atoms with Gasteiger partial charge in [-0.25, -0.2) is 0 Å². The number of nitrogens with zero attached hydrogens (tertiary/aromatic N) is 6. The Labute approximate surface area is 171 Å². The normalized spacial score (nSPS) is 15.3. The monoisotopic (exact) mass is 420 g/mol. The number of rotatable bonds is 2. The molecule has 1 saturated heterocycles. The summed E-state index contributed by atoms with van der Waals surface area (Å²) >= 11 is 19.1. The summed E-state index contributed by atoms with van der Waals surface area (Å²) in [4.78, 5) is 10.7. The molecule has 9 heteroatoms. The Balaban J connectivity index is 2.05. The largest absolute Gasteiger partial charge is 0.356 e. The van der Waals surface area contributed by atoms with Gasteiger partial charge in [-0.3, -0.25) is 0 Å². The van der Waals surface area contributed by atoms with E-state index in [-0.39, 0.29) is 5.69 Å². The highest BCUT2D eigenvalue weighted by molar-refractivity contribution is 6.42. The second-order valence-electron chi connectivity index (χ2n) is 6.66. The lowest BCUT2D eigenvalue weighted by molar-refractivity contribution is 0.435. The standard InChI is InChI=1S/C18H15Cl3N6/c1-10-2-4-26(5-3-10)17-16(15-12(20)6-11(19)7-13(15)21)14(8-22)25-18-23-9-24-27(17)18/h6-7,9-10H,2-5H2,1H3. The van der Waals surface area contributed by atoms with Crippen LogP contribution in [0.2, 0.25) is 15.1 Å². The van der Waals surface area contributed by atoms with Crippen molar-refractivity contribution >= 4 is 46.4 Å². The van der Waals surface area contributed by atoms with Gasteiger partial charge in [-0.15, -0.1) is 0 Å². The molecule has 0 saturated carbocycles. The van der Waals surface area contributed by atoms with E-state index < -0.39 is 0 Å². The highest BCUT2D eigenvalue weighted by atomic mass is 35.5. The van der Waals surface area contributed by atoms with Crippen molar-refractivity contribution in [2.24, 2.45) is 5.92 Å². The smallest absolute Gasteiger partial charge is 0.255 e. The Kier molecular flexibility index (Phi) is 4.85. The number of piperidine rings is 1. The molecule has 0 N–H and O–H groups in total. The van der Waals surface area contributed by atoms with Crippen LogP contribution in [0.5, 0.6) is 0 Å². The first kappa shape index (κ1) is 18.3. The van der Waals surface area contributed by atoms with E-state index in [2.05, 4.69) is 33.0 Å². The van der Waals surface area contributed by atoms with Crippen LogP contribution in [-0.2, 0) is 0 Å². The highest BCUT2D eigenvalue weighted by Crippen LogP contribution is 2.43. The molecule has 138 valence electrons. The van der Waals surface area contributed by atoms with Crippen molar-refractivity contribution in [1.29, 1.82) is 5.26 Å². The van der Waals surface area contributed by atoms with Crippen molar-refractivity contribution < 1.29 is 0 Å². The summed E-state index contributed by atoms with van der Waals surface area (Å²) in [5.41, 5.74) is 1.28. The van der Waals surface area contributed by atoms with Crippen molar-refractivity contribution in [1.82, 2.24) is 19.6 Å². The summed E-state index contributed by atoms with van der Waals surface area (Å²) in [6.45, 7) is 3.91. The highest BCUT2D eigenvalue weighted by Gasteiger charge is 2.28. The Morgan fingerprint density at radius 3 is 2.41 bits per heavy atom. The van der Waals surface area contributed by atoms with E-state index in [0.29, 0.717) is 37.9 Å². The molecular weight excluding hydrogens is 407 g/mol.